The van der Waals surface area contributed by atoms with E-state index in [1.165, 1.54) is 0 Å². The average Bonchev–Trinajstić information content (AvgIpc) is 2.29. The summed E-state index contributed by atoms with van der Waals surface area (Å²) < 4.78 is 5.38. The highest BCUT2D eigenvalue weighted by Gasteiger charge is 2.31. The highest BCUT2D eigenvalue weighted by atomic mass is 16.5. The summed E-state index contributed by atoms with van der Waals surface area (Å²) in [6.07, 6.45) is 1.81. The van der Waals surface area contributed by atoms with Crippen LogP contribution < -0.4 is 11.1 Å². The van der Waals surface area contributed by atoms with Crippen molar-refractivity contribution >= 4 is 5.95 Å². The van der Waals surface area contributed by atoms with Gasteiger partial charge in [0, 0.05) is 31.1 Å². The largest absolute Gasteiger partial charge is 0.381 e. The number of aryl methyl sites for hydroxylation is 2. The zero-order chi connectivity index (χ0) is 12.3. The van der Waals surface area contributed by atoms with Crippen molar-refractivity contribution in [1.29, 1.82) is 0 Å². The molecule has 0 saturated carbocycles. The summed E-state index contributed by atoms with van der Waals surface area (Å²) in [6.45, 7) is 6.01. The first-order chi connectivity index (χ1) is 8.13. The van der Waals surface area contributed by atoms with E-state index in [0.29, 0.717) is 12.5 Å². The second kappa shape index (κ2) is 4.98. The molecule has 94 valence electrons. The molecule has 5 heteroatoms. The first-order valence-electron chi connectivity index (χ1n) is 6.02. The minimum Gasteiger partial charge on any atom is -0.381 e. The number of aromatic nitrogens is 2. The topological polar surface area (TPSA) is 73.1 Å². The Hall–Kier alpha value is -1.20. The molecular formula is C12H20N4O. The summed E-state index contributed by atoms with van der Waals surface area (Å²) in [4.78, 5) is 8.81. The third-order valence-corrected chi connectivity index (χ3v) is 3.20. The highest BCUT2D eigenvalue weighted by molar-refractivity contribution is 5.32. The van der Waals surface area contributed by atoms with E-state index in [1.54, 1.807) is 0 Å². The quantitative estimate of drug-likeness (QED) is 0.819. The van der Waals surface area contributed by atoms with Crippen LogP contribution in [0.2, 0.25) is 0 Å². The Bertz CT molecular complexity index is 368. The van der Waals surface area contributed by atoms with E-state index >= 15 is 0 Å². The van der Waals surface area contributed by atoms with Gasteiger partial charge in [0.05, 0.1) is 5.54 Å². The molecule has 1 saturated heterocycles. The van der Waals surface area contributed by atoms with Crippen molar-refractivity contribution in [2.45, 2.75) is 32.2 Å². The Balaban J connectivity index is 2.17. The van der Waals surface area contributed by atoms with Gasteiger partial charge in [0.2, 0.25) is 5.95 Å². The molecule has 0 atom stereocenters. The summed E-state index contributed by atoms with van der Waals surface area (Å²) >= 11 is 0. The van der Waals surface area contributed by atoms with Crippen LogP contribution in [0.4, 0.5) is 5.95 Å². The number of hydrogen-bond acceptors (Lipinski definition) is 5. The van der Waals surface area contributed by atoms with Gasteiger partial charge in [-0.25, -0.2) is 9.97 Å². The van der Waals surface area contributed by atoms with Gasteiger partial charge >= 0.3 is 0 Å². The molecular weight excluding hydrogens is 216 g/mol. The number of hydrogen-bond donors (Lipinski definition) is 2. The summed E-state index contributed by atoms with van der Waals surface area (Å²) in [7, 11) is 0. The van der Waals surface area contributed by atoms with Crippen LogP contribution in [0, 0.1) is 13.8 Å². The molecule has 3 N–H and O–H groups in total. The predicted octanol–water partition coefficient (Wildman–Crippen LogP) is 1.01. The molecule has 0 aromatic carbocycles. The number of rotatable bonds is 3. The second-order valence-electron chi connectivity index (χ2n) is 4.70. The van der Waals surface area contributed by atoms with Crippen molar-refractivity contribution in [1.82, 2.24) is 9.97 Å². The highest BCUT2D eigenvalue weighted by Crippen LogP contribution is 2.23. The van der Waals surface area contributed by atoms with Crippen LogP contribution in [-0.2, 0) is 4.74 Å². The number of nitrogens with zero attached hydrogens (tertiary/aromatic N) is 2. The molecule has 2 rings (SSSR count). The molecule has 0 unspecified atom stereocenters. The van der Waals surface area contributed by atoms with E-state index in [0.717, 1.165) is 37.4 Å². The van der Waals surface area contributed by atoms with E-state index in [2.05, 4.69) is 15.3 Å². The number of ether oxygens (including phenoxy) is 1. The molecule has 0 amide bonds. The van der Waals surface area contributed by atoms with Gasteiger partial charge in [0.1, 0.15) is 0 Å². The molecule has 0 spiro atoms. The van der Waals surface area contributed by atoms with Crippen LogP contribution >= 0.6 is 0 Å². The number of anilines is 1. The lowest BCUT2D eigenvalue weighted by Gasteiger charge is -2.37. The molecule has 1 aromatic heterocycles. The first kappa shape index (κ1) is 12.3. The van der Waals surface area contributed by atoms with Crippen LogP contribution in [0.1, 0.15) is 24.2 Å². The van der Waals surface area contributed by atoms with E-state index < -0.39 is 0 Å². The van der Waals surface area contributed by atoms with Gasteiger partial charge in [-0.05, 0) is 32.8 Å². The molecule has 1 aromatic rings. The lowest BCUT2D eigenvalue weighted by molar-refractivity contribution is 0.0625. The van der Waals surface area contributed by atoms with E-state index in [-0.39, 0.29) is 5.54 Å². The lowest BCUT2D eigenvalue weighted by atomic mass is 9.90. The second-order valence-corrected chi connectivity index (χ2v) is 4.70. The maximum atomic E-state index is 5.89. The van der Waals surface area contributed by atoms with Crippen molar-refractivity contribution < 1.29 is 4.74 Å². The van der Waals surface area contributed by atoms with Crippen molar-refractivity contribution in [3.05, 3.63) is 17.5 Å². The van der Waals surface area contributed by atoms with Gasteiger partial charge in [0.25, 0.3) is 0 Å². The van der Waals surface area contributed by atoms with E-state index in [1.807, 2.05) is 19.9 Å². The van der Waals surface area contributed by atoms with E-state index in [9.17, 15) is 0 Å². The fourth-order valence-electron chi connectivity index (χ4n) is 2.16. The Morgan fingerprint density at radius 3 is 2.41 bits per heavy atom. The Morgan fingerprint density at radius 2 is 1.88 bits per heavy atom. The average molecular weight is 236 g/mol. The lowest BCUT2D eigenvalue weighted by Crippen LogP contribution is -2.50. The zero-order valence-electron chi connectivity index (χ0n) is 10.5. The Kier molecular flexibility index (Phi) is 3.59. The summed E-state index contributed by atoms with van der Waals surface area (Å²) in [5.41, 5.74) is 7.72. The Labute approximate surface area is 102 Å². The van der Waals surface area contributed by atoms with Crippen LogP contribution in [0.5, 0.6) is 0 Å². The van der Waals surface area contributed by atoms with Gasteiger partial charge in [-0.15, -0.1) is 0 Å². The van der Waals surface area contributed by atoms with Crippen molar-refractivity contribution in [2.75, 3.05) is 25.1 Å². The normalized spacial score (nSPS) is 19.0. The summed E-state index contributed by atoms with van der Waals surface area (Å²) in [6, 6.07) is 1.96. The number of nitrogens with two attached hydrogens (primary N) is 1. The maximum absolute atomic E-state index is 5.89. The molecule has 1 fully saturated rings. The van der Waals surface area contributed by atoms with Gasteiger partial charge in [-0.3, -0.25) is 0 Å². The summed E-state index contributed by atoms with van der Waals surface area (Å²) in [5, 5.41) is 3.40. The first-order valence-corrected chi connectivity index (χ1v) is 6.02. The smallest absolute Gasteiger partial charge is 0.223 e. The van der Waals surface area contributed by atoms with Crippen LogP contribution in [0.25, 0.3) is 0 Å². The molecule has 5 nitrogen and oxygen atoms in total. The van der Waals surface area contributed by atoms with E-state index in [4.69, 9.17) is 10.5 Å². The molecule has 0 bridgehead atoms. The fourth-order valence-corrected chi connectivity index (χ4v) is 2.16. The van der Waals surface area contributed by atoms with Crippen LogP contribution in [-0.4, -0.2) is 35.3 Å². The third-order valence-electron chi connectivity index (χ3n) is 3.20. The van der Waals surface area contributed by atoms with Crippen molar-refractivity contribution in [3.8, 4) is 0 Å². The minimum atomic E-state index is -0.113. The van der Waals surface area contributed by atoms with Gasteiger partial charge in [-0.2, -0.15) is 0 Å². The molecule has 0 radical (unpaired) electrons. The van der Waals surface area contributed by atoms with Gasteiger partial charge in [-0.1, -0.05) is 0 Å². The van der Waals surface area contributed by atoms with Crippen LogP contribution in [0.3, 0.4) is 0 Å². The van der Waals surface area contributed by atoms with Gasteiger partial charge in [0.15, 0.2) is 0 Å². The zero-order valence-corrected chi connectivity index (χ0v) is 10.5. The number of nitrogens with one attached hydrogen (secondary N) is 1. The molecule has 1 aliphatic rings. The standard InChI is InChI=1S/C12H20N4O/c1-9-7-10(2)15-11(14-9)16-12(8-13)3-5-17-6-4-12/h7H,3-6,8,13H2,1-2H3,(H,14,15,16). The minimum absolute atomic E-state index is 0.113. The molecule has 17 heavy (non-hydrogen) atoms. The van der Waals surface area contributed by atoms with Crippen molar-refractivity contribution in [3.63, 3.8) is 0 Å². The fraction of sp³-hybridized carbons (Fsp3) is 0.667. The van der Waals surface area contributed by atoms with Crippen molar-refractivity contribution in [2.24, 2.45) is 5.73 Å². The van der Waals surface area contributed by atoms with Gasteiger partial charge < -0.3 is 15.8 Å². The molecule has 0 aliphatic carbocycles. The SMILES string of the molecule is Cc1cc(C)nc(NC2(CN)CCOCC2)n1. The summed E-state index contributed by atoms with van der Waals surface area (Å²) in [5.74, 6) is 0.676. The van der Waals surface area contributed by atoms with Crippen LogP contribution in [0.15, 0.2) is 6.07 Å². The molecule has 1 aliphatic heterocycles. The third kappa shape index (κ3) is 2.92. The predicted molar refractivity (Wildman–Crippen MR) is 67.0 cm³/mol. The Morgan fingerprint density at radius 1 is 1.29 bits per heavy atom. The monoisotopic (exact) mass is 236 g/mol. The maximum Gasteiger partial charge on any atom is 0.223 e. The molecule has 2 heterocycles.